The van der Waals surface area contributed by atoms with Crippen molar-refractivity contribution in [3.8, 4) is 11.4 Å². The average molecular weight is 473 g/mol. The minimum Gasteiger partial charge on any atom is -0.335 e. The highest BCUT2D eigenvalue weighted by Crippen LogP contribution is 2.28. The lowest BCUT2D eigenvalue weighted by Gasteiger charge is -2.07. The van der Waals surface area contributed by atoms with Crippen molar-refractivity contribution in [3.63, 3.8) is 0 Å². The number of anilines is 1. The number of amides is 1. The monoisotopic (exact) mass is 471 g/mol. The van der Waals surface area contributed by atoms with Gasteiger partial charge in [0.15, 0.2) is 5.82 Å². The van der Waals surface area contributed by atoms with Gasteiger partial charge >= 0.3 is 0 Å². The highest BCUT2D eigenvalue weighted by molar-refractivity contribution is 9.10. The molecule has 3 rings (SSSR count). The van der Waals surface area contributed by atoms with Gasteiger partial charge in [0.1, 0.15) is 0 Å². The van der Waals surface area contributed by atoms with Gasteiger partial charge in [0.05, 0.1) is 15.8 Å². The summed E-state index contributed by atoms with van der Waals surface area (Å²) < 4.78 is 2.02. The maximum atomic E-state index is 12.1. The van der Waals surface area contributed by atoms with Crippen LogP contribution in [0.2, 0.25) is 10.0 Å². The summed E-state index contributed by atoms with van der Waals surface area (Å²) in [7, 11) is 0. The predicted octanol–water partition coefficient (Wildman–Crippen LogP) is 4.46. The summed E-state index contributed by atoms with van der Waals surface area (Å²) in [6.07, 6.45) is 0. The van der Waals surface area contributed by atoms with Crippen LogP contribution in [0.1, 0.15) is 0 Å². The van der Waals surface area contributed by atoms with Crippen LogP contribution in [0, 0.1) is 0 Å². The molecule has 0 aliphatic heterocycles. The number of carbonyl (C=O) groups is 1. The molecule has 10 heteroatoms. The van der Waals surface area contributed by atoms with Gasteiger partial charge in [0.25, 0.3) is 0 Å². The summed E-state index contributed by atoms with van der Waals surface area (Å²) >= 11 is 16.6. The van der Waals surface area contributed by atoms with Crippen LogP contribution in [0.25, 0.3) is 11.4 Å². The molecule has 3 N–H and O–H groups in total. The smallest absolute Gasteiger partial charge is 0.234 e. The Morgan fingerprint density at radius 2 is 1.96 bits per heavy atom. The number of halogens is 3. The second-order valence-electron chi connectivity index (χ2n) is 5.12. The number of aromatic nitrogens is 3. The van der Waals surface area contributed by atoms with E-state index in [1.54, 1.807) is 30.3 Å². The second-order valence-corrected chi connectivity index (χ2v) is 7.73. The van der Waals surface area contributed by atoms with Crippen LogP contribution in [0.3, 0.4) is 0 Å². The summed E-state index contributed by atoms with van der Waals surface area (Å²) in [6.45, 7) is 0. The van der Waals surface area contributed by atoms with E-state index in [4.69, 9.17) is 29.0 Å². The van der Waals surface area contributed by atoms with Crippen molar-refractivity contribution >= 4 is 62.5 Å². The first kappa shape index (κ1) is 19.0. The summed E-state index contributed by atoms with van der Waals surface area (Å²) in [5, 5.41) is 12.4. The molecule has 2 aromatic carbocycles. The number of rotatable bonds is 5. The van der Waals surface area contributed by atoms with E-state index in [0.717, 1.165) is 0 Å². The third kappa shape index (κ3) is 4.32. The molecule has 26 heavy (non-hydrogen) atoms. The van der Waals surface area contributed by atoms with Crippen LogP contribution < -0.4 is 11.2 Å². The Balaban J connectivity index is 1.66. The first-order chi connectivity index (χ1) is 12.5. The molecule has 0 bridgehead atoms. The maximum absolute atomic E-state index is 12.1. The van der Waals surface area contributed by atoms with Crippen molar-refractivity contribution in [2.45, 2.75) is 5.16 Å². The van der Waals surface area contributed by atoms with Crippen molar-refractivity contribution in [1.82, 2.24) is 14.9 Å². The first-order valence-corrected chi connectivity index (χ1v) is 9.82. The van der Waals surface area contributed by atoms with Gasteiger partial charge in [-0.1, -0.05) is 47.1 Å². The summed E-state index contributed by atoms with van der Waals surface area (Å²) in [5.74, 6) is 6.39. The minimum absolute atomic E-state index is 0.123. The van der Waals surface area contributed by atoms with Crippen molar-refractivity contribution < 1.29 is 4.79 Å². The maximum Gasteiger partial charge on any atom is 0.234 e. The molecular weight excluding hydrogens is 461 g/mol. The van der Waals surface area contributed by atoms with Crippen molar-refractivity contribution in [3.05, 3.63) is 57.0 Å². The molecule has 0 spiro atoms. The van der Waals surface area contributed by atoms with Crippen LogP contribution in [0.4, 0.5) is 5.69 Å². The Labute approximate surface area is 172 Å². The van der Waals surface area contributed by atoms with E-state index < -0.39 is 0 Å². The SMILES string of the molecule is Nn1c(SCC(=O)Nc2ccc(Cl)c(Br)c2)nnc1-c1ccccc1Cl. The van der Waals surface area contributed by atoms with Crippen molar-refractivity contribution in [2.24, 2.45) is 0 Å². The second kappa shape index (κ2) is 8.30. The quantitative estimate of drug-likeness (QED) is 0.423. The molecule has 1 amide bonds. The highest BCUT2D eigenvalue weighted by Gasteiger charge is 2.15. The fourth-order valence-electron chi connectivity index (χ4n) is 2.10. The number of carbonyl (C=O) groups excluding carboxylic acids is 1. The van der Waals surface area contributed by atoms with E-state index in [-0.39, 0.29) is 11.7 Å². The topological polar surface area (TPSA) is 85.8 Å². The molecule has 0 unspecified atom stereocenters. The zero-order chi connectivity index (χ0) is 18.7. The summed E-state index contributed by atoms with van der Waals surface area (Å²) in [5.41, 5.74) is 1.31. The molecule has 0 fully saturated rings. The zero-order valence-electron chi connectivity index (χ0n) is 13.1. The molecular formula is C16H12BrCl2N5OS. The van der Waals surface area contributed by atoms with Gasteiger partial charge in [-0.25, -0.2) is 4.68 Å². The lowest BCUT2D eigenvalue weighted by molar-refractivity contribution is -0.113. The fourth-order valence-corrected chi connectivity index (χ4v) is 3.48. The number of hydrogen-bond donors (Lipinski definition) is 2. The molecule has 0 saturated carbocycles. The van der Waals surface area contributed by atoms with Crippen LogP contribution >= 0.6 is 50.9 Å². The number of nitrogens with one attached hydrogen (secondary N) is 1. The molecule has 0 radical (unpaired) electrons. The predicted molar refractivity (Wildman–Crippen MR) is 109 cm³/mol. The summed E-state index contributed by atoms with van der Waals surface area (Å²) in [4.78, 5) is 12.1. The Bertz CT molecular complexity index is 966. The van der Waals surface area contributed by atoms with Gasteiger partial charge in [-0.15, -0.1) is 10.2 Å². The Hall–Kier alpha value is -1.74. The number of hydrogen-bond acceptors (Lipinski definition) is 5. The van der Waals surface area contributed by atoms with E-state index in [1.165, 1.54) is 16.4 Å². The van der Waals surface area contributed by atoms with Gasteiger partial charge in [-0.05, 0) is 46.3 Å². The number of benzene rings is 2. The average Bonchev–Trinajstić information content (AvgIpc) is 2.97. The van der Waals surface area contributed by atoms with E-state index in [9.17, 15) is 4.79 Å². The summed E-state index contributed by atoms with van der Waals surface area (Å²) in [6, 6.07) is 12.3. The van der Waals surface area contributed by atoms with Gasteiger partial charge in [0.2, 0.25) is 11.1 Å². The van der Waals surface area contributed by atoms with Crippen LogP contribution in [-0.2, 0) is 4.79 Å². The van der Waals surface area contributed by atoms with Crippen LogP contribution in [0.15, 0.2) is 52.1 Å². The Morgan fingerprint density at radius 1 is 1.19 bits per heavy atom. The van der Waals surface area contributed by atoms with Gasteiger partial charge in [-0.3, -0.25) is 4.79 Å². The number of nitrogens with zero attached hydrogens (tertiary/aromatic N) is 3. The van der Waals surface area contributed by atoms with E-state index in [0.29, 0.717) is 36.7 Å². The molecule has 134 valence electrons. The first-order valence-electron chi connectivity index (χ1n) is 7.29. The number of thioether (sulfide) groups is 1. The van der Waals surface area contributed by atoms with E-state index in [2.05, 4.69) is 31.4 Å². The highest BCUT2D eigenvalue weighted by atomic mass is 79.9. The lowest BCUT2D eigenvalue weighted by Crippen LogP contribution is -2.16. The lowest BCUT2D eigenvalue weighted by atomic mass is 10.2. The van der Waals surface area contributed by atoms with Crippen LogP contribution in [0.5, 0.6) is 0 Å². The van der Waals surface area contributed by atoms with Gasteiger partial charge < -0.3 is 11.2 Å². The molecule has 0 saturated heterocycles. The molecule has 0 aliphatic rings. The zero-order valence-corrected chi connectivity index (χ0v) is 17.0. The minimum atomic E-state index is -0.202. The third-order valence-corrected chi connectivity index (χ3v) is 5.80. The molecule has 6 nitrogen and oxygen atoms in total. The van der Waals surface area contributed by atoms with Crippen molar-refractivity contribution in [1.29, 1.82) is 0 Å². The van der Waals surface area contributed by atoms with E-state index >= 15 is 0 Å². The molecule has 1 heterocycles. The van der Waals surface area contributed by atoms with Crippen molar-refractivity contribution in [2.75, 3.05) is 16.9 Å². The molecule has 0 atom stereocenters. The standard InChI is InChI=1S/C16H12BrCl2N5OS/c17-11-7-9(5-6-13(11)19)21-14(25)8-26-16-23-22-15(24(16)20)10-3-1-2-4-12(10)18/h1-7H,8,20H2,(H,21,25). The largest absolute Gasteiger partial charge is 0.335 e. The van der Waals surface area contributed by atoms with E-state index in [1.807, 2.05) is 12.1 Å². The molecule has 1 aromatic heterocycles. The molecule has 3 aromatic rings. The number of nitrogen functional groups attached to an aromatic ring is 1. The van der Waals surface area contributed by atoms with Crippen LogP contribution in [-0.4, -0.2) is 26.5 Å². The fraction of sp³-hybridized carbons (Fsp3) is 0.0625. The Kier molecular flexibility index (Phi) is 6.08. The number of nitrogens with two attached hydrogens (primary N) is 1. The van der Waals surface area contributed by atoms with Gasteiger partial charge in [-0.2, -0.15) is 0 Å². The van der Waals surface area contributed by atoms with Gasteiger partial charge in [0, 0.05) is 15.7 Å². The third-order valence-electron chi connectivity index (χ3n) is 3.32. The normalized spacial score (nSPS) is 10.7. The Morgan fingerprint density at radius 3 is 2.69 bits per heavy atom. The molecule has 0 aliphatic carbocycles.